The van der Waals surface area contributed by atoms with E-state index in [1.165, 1.54) is 11.1 Å². The van der Waals surface area contributed by atoms with Crippen molar-refractivity contribution in [2.24, 2.45) is 5.41 Å². The maximum Gasteiger partial charge on any atom is 0.236 e. The molecule has 102 valence electrons. The molecule has 1 amide bonds. The first-order valence-corrected chi connectivity index (χ1v) is 7.40. The highest BCUT2D eigenvalue weighted by Crippen LogP contribution is 2.64. The van der Waals surface area contributed by atoms with Gasteiger partial charge in [0.2, 0.25) is 5.91 Å². The second kappa shape index (κ2) is 4.13. The van der Waals surface area contributed by atoms with Gasteiger partial charge in [0.05, 0.1) is 5.41 Å². The minimum absolute atomic E-state index is 0.0577. The predicted octanol–water partition coefficient (Wildman–Crippen LogP) is 3.86. The zero-order valence-electron chi connectivity index (χ0n) is 11.2. The van der Waals surface area contributed by atoms with Crippen molar-refractivity contribution < 1.29 is 4.79 Å². The fourth-order valence-corrected chi connectivity index (χ4v) is 3.56. The van der Waals surface area contributed by atoms with E-state index in [1.807, 2.05) is 24.0 Å². The van der Waals surface area contributed by atoms with Crippen LogP contribution in [0.3, 0.4) is 0 Å². The molecule has 1 heterocycles. The number of nitrogens with zero attached hydrogens (tertiary/aromatic N) is 1. The fourth-order valence-electron chi connectivity index (χ4n) is 2.87. The molecule has 0 saturated heterocycles. The van der Waals surface area contributed by atoms with E-state index < -0.39 is 9.75 Å². The molecule has 1 saturated carbocycles. The predicted molar refractivity (Wildman–Crippen MR) is 79.0 cm³/mol. The molecule has 1 unspecified atom stereocenters. The summed E-state index contributed by atoms with van der Waals surface area (Å²) in [7, 11) is 0. The molecule has 1 atom stereocenters. The summed E-state index contributed by atoms with van der Waals surface area (Å²) < 4.78 is -0.896. The van der Waals surface area contributed by atoms with E-state index in [2.05, 4.69) is 13.0 Å². The number of amides is 1. The molecule has 1 aromatic rings. The molecular formula is C15H17Cl2NO. The second-order valence-corrected chi connectivity index (χ2v) is 7.39. The van der Waals surface area contributed by atoms with Gasteiger partial charge in [0.15, 0.2) is 0 Å². The number of halogens is 2. The molecule has 1 aromatic carbocycles. The second-order valence-electron chi connectivity index (χ2n) is 5.91. The quantitative estimate of drug-likeness (QED) is 0.721. The Morgan fingerprint density at radius 1 is 1.37 bits per heavy atom. The molecule has 1 aliphatic carbocycles. The lowest BCUT2D eigenvalue weighted by atomic mass is 9.97. The molecule has 2 aliphatic rings. The van der Waals surface area contributed by atoms with Gasteiger partial charge < -0.3 is 4.90 Å². The number of hydrogen-bond acceptors (Lipinski definition) is 1. The summed E-state index contributed by atoms with van der Waals surface area (Å²) in [6, 6.07) is 6.25. The van der Waals surface area contributed by atoms with Gasteiger partial charge in [-0.05, 0) is 44.7 Å². The average Bonchev–Trinajstić information content (AvgIpc) is 2.88. The highest BCUT2D eigenvalue weighted by molar-refractivity contribution is 6.53. The van der Waals surface area contributed by atoms with Gasteiger partial charge in [-0.3, -0.25) is 4.79 Å². The molecule has 0 aromatic heterocycles. The van der Waals surface area contributed by atoms with Crippen molar-refractivity contribution in [2.75, 3.05) is 11.4 Å². The molecule has 1 fully saturated rings. The zero-order chi connectivity index (χ0) is 13.8. The van der Waals surface area contributed by atoms with Gasteiger partial charge in [0.25, 0.3) is 0 Å². The number of carbonyl (C=O) groups is 1. The van der Waals surface area contributed by atoms with Crippen LogP contribution in [0.4, 0.5) is 5.69 Å². The Kier molecular flexibility index (Phi) is 2.88. The molecule has 0 bridgehead atoms. The number of rotatable bonds is 1. The Morgan fingerprint density at radius 3 is 2.68 bits per heavy atom. The van der Waals surface area contributed by atoms with E-state index in [0.29, 0.717) is 6.42 Å². The van der Waals surface area contributed by atoms with Crippen LogP contribution < -0.4 is 4.90 Å². The summed E-state index contributed by atoms with van der Waals surface area (Å²) >= 11 is 12.3. The van der Waals surface area contributed by atoms with Crippen LogP contribution in [-0.2, 0) is 11.2 Å². The summed E-state index contributed by atoms with van der Waals surface area (Å²) in [5.74, 6) is 0.0577. The van der Waals surface area contributed by atoms with Crippen LogP contribution in [0.5, 0.6) is 0 Å². The minimum Gasteiger partial charge on any atom is -0.312 e. The van der Waals surface area contributed by atoms with E-state index >= 15 is 0 Å². The summed E-state index contributed by atoms with van der Waals surface area (Å²) in [5.41, 5.74) is 2.88. The number of benzene rings is 1. The zero-order valence-corrected chi connectivity index (χ0v) is 12.7. The average molecular weight is 298 g/mol. The van der Waals surface area contributed by atoms with Crippen molar-refractivity contribution in [1.82, 2.24) is 0 Å². The third kappa shape index (κ3) is 1.96. The monoisotopic (exact) mass is 297 g/mol. The summed E-state index contributed by atoms with van der Waals surface area (Å²) in [6.07, 6.45) is 2.57. The number of hydrogen-bond donors (Lipinski definition) is 0. The molecule has 19 heavy (non-hydrogen) atoms. The first-order valence-electron chi connectivity index (χ1n) is 6.64. The van der Waals surface area contributed by atoms with E-state index in [4.69, 9.17) is 23.2 Å². The van der Waals surface area contributed by atoms with E-state index in [0.717, 1.165) is 25.1 Å². The van der Waals surface area contributed by atoms with E-state index in [-0.39, 0.29) is 5.91 Å². The smallest absolute Gasteiger partial charge is 0.236 e. The van der Waals surface area contributed by atoms with Crippen molar-refractivity contribution in [1.29, 1.82) is 0 Å². The fraction of sp³-hybridized carbons (Fsp3) is 0.533. The molecule has 0 spiro atoms. The van der Waals surface area contributed by atoms with Crippen molar-refractivity contribution in [3.63, 3.8) is 0 Å². The molecule has 1 aliphatic heterocycles. The van der Waals surface area contributed by atoms with Crippen molar-refractivity contribution >= 4 is 34.8 Å². The van der Waals surface area contributed by atoms with Crippen LogP contribution in [0.2, 0.25) is 0 Å². The number of alkyl halides is 2. The SMILES string of the molecule is Cc1ccc2c(c1)CCCN2C(=O)C1(C)CC1(Cl)Cl. The Morgan fingerprint density at radius 2 is 2.05 bits per heavy atom. The Hall–Kier alpha value is -0.730. The van der Waals surface area contributed by atoms with Gasteiger partial charge in [0.1, 0.15) is 4.33 Å². The van der Waals surface area contributed by atoms with Crippen molar-refractivity contribution in [2.45, 2.75) is 37.4 Å². The van der Waals surface area contributed by atoms with E-state index in [9.17, 15) is 4.79 Å². The maximum atomic E-state index is 12.7. The Labute approximate surface area is 123 Å². The highest BCUT2D eigenvalue weighted by atomic mass is 35.5. The normalized spacial score (nSPS) is 27.9. The number of aryl methyl sites for hydroxylation is 2. The molecular weight excluding hydrogens is 281 g/mol. The summed E-state index contributed by atoms with van der Waals surface area (Å²) in [6.45, 7) is 4.69. The summed E-state index contributed by atoms with van der Waals surface area (Å²) in [5, 5.41) is 0. The van der Waals surface area contributed by atoms with Crippen LogP contribution in [0.15, 0.2) is 18.2 Å². The van der Waals surface area contributed by atoms with Gasteiger partial charge in [-0.25, -0.2) is 0 Å². The van der Waals surface area contributed by atoms with Crippen molar-refractivity contribution in [3.05, 3.63) is 29.3 Å². The molecule has 2 nitrogen and oxygen atoms in total. The van der Waals surface area contributed by atoms with Gasteiger partial charge in [-0.2, -0.15) is 0 Å². The van der Waals surface area contributed by atoms with E-state index in [1.54, 1.807) is 0 Å². The van der Waals surface area contributed by atoms with Crippen LogP contribution in [0.1, 0.15) is 30.9 Å². The van der Waals surface area contributed by atoms with Crippen LogP contribution in [0.25, 0.3) is 0 Å². The lowest BCUT2D eigenvalue weighted by Gasteiger charge is -2.32. The van der Waals surface area contributed by atoms with Gasteiger partial charge >= 0.3 is 0 Å². The largest absolute Gasteiger partial charge is 0.312 e. The van der Waals surface area contributed by atoms with Crippen molar-refractivity contribution in [3.8, 4) is 0 Å². The maximum absolute atomic E-state index is 12.7. The molecule has 3 rings (SSSR count). The Bertz CT molecular complexity index is 555. The molecule has 0 radical (unpaired) electrons. The van der Waals surface area contributed by atoms with Crippen LogP contribution in [0, 0.1) is 12.3 Å². The third-order valence-electron chi connectivity index (χ3n) is 4.33. The highest BCUT2D eigenvalue weighted by Gasteiger charge is 2.69. The first-order chi connectivity index (χ1) is 8.85. The molecule has 0 N–H and O–H groups in total. The Balaban J connectivity index is 1.95. The van der Waals surface area contributed by atoms with Gasteiger partial charge in [0, 0.05) is 12.2 Å². The third-order valence-corrected chi connectivity index (χ3v) is 5.43. The standard InChI is InChI=1S/C15H17Cl2NO/c1-10-5-6-12-11(8-10)4-3-7-18(12)13(19)14(2)9-15(14,16)17/h5-6,8H,3-4,7,9H2,1-2H3. The van der Waals surface area contributed by atoms with Crippen LogP contribution in [-0.4, -0.2) is 16.8 Å². The molecule has 4 heteroatoms. The first kappa shape index (κ1) is 13.3. The minimum atomic E-state index is -0.896. The lowest BCUT2D eigenvalue weighted by Crippen LogP contribution is -2.41. The van der Waals surface area contributed by atoms with Gasteiger partial charge in [-0.15, -0.1) is 23.2 Å². The topological polar surface area (TPSA) is 20.3 Å². The number of carbonyl (C=O) groups excluding carboxylic acids is 1. The summed E-state index contributed by atoms with van der Waals surface area (Å²) in [4.78, 5) is 14.6. The van der Waals surface area contributed by atoms with Crippen LogP contribution >= 0.6 is 23.2 Å². The number of anilines is 1. The lowest BCUT2D eigenvalue weighted by molar-refractivity contribution is -0.123. The van der Waals surface area contributed by atoms with Gasteiger partial charge in [-0.1, -0.05) is 17.7 Å². The number of fused-ring (bicyclic) bond motifs is 1.